The smallest absolute Gasteiger partial charge is 0.316 e. The van der Waals surface area contributed by atoms with Gasteiger partial charge in [0.1, 0.15) is 12.3 Å². The first-order valence-electron chi connectivity index (χ1n) is 4.82. The number of carbonyl (C=O) groups excluding carboxylic acids is 3. The highest BCUT2D eigenvalue weighted by Gasteiger charge is 2.27. The van der Waals surface area contributed by atoms with E-state index in [1.54, 1.807) is 13.8 Å². The van der Waals surface area contributed by atoms with Crippen LogP contribution >= 0.6 is 0 Å². The highest BCUT2D eigenvalue weighted by Crippen LogP contribution is 2.09. The minimum Gasteiger partial charge on any atom is -0.469 e. The lowest BCUT2D eigenvalue weighted by atomic mass is 9.99. The second-order valence-corrected chi connectivity index (χ2v) is 2.93. The highest BCUT2D eigenvalue weighted by molar-refractivity contribution is 6.05. The van der Waals surface area contributed by atoms with Crippen LogP contribution in [-0.4, -0.2) is 31.4 Å². The Hall–Kier alpha value is -1.39. The first-order valence-corrected chi connectivity index (χ1v) is 4.82. The lowest BCUT2D eigenvalue weighted by Gasteiger charge is -2.11. The van der Waals surface area contributed by atoms with Crippen molar-refractivity contribution in [2.45, 2.75) is 26.7 Å². The van der Waals surface area contributed by atoms with Crippen LogP contribution in [0.2, 0.25) is 0 Å². The summed E-state index contributed by atoms with van der Waals surface area (Å²) >= 11 is 0. The van der Waals surface area contributed by atoms with E-state index in [4.69, 9.17) is 4.74 Å². The molecule has 0 aliphatic carbocycles. The van der Waals surface area contributed by atoms with Gasteiger partial charge in [-0.1, -0.05) is 6.92 Å². The quantitative estimate of drug-likeness (QED) is 0.483. The van der Waals surface area contributed by atoms with E-state index in [2.05, 4.69) is 4.74 Å². The van der Waals surface area contributed by atoms with Crippen molar-refractivity contribution >= 4 is 17.7 Å². The van der Waals surface area contributed by atoms with Crippen molar-refractivity contribution in [3.05, 3.63) is 0 Å². The van der Waals surface area contributed by atoms with Crippen LogP contribution < -0.4 is 0 Å². The Balaban J connectivity index is 4.34. The molecule has 0 heterocycles. The molecule has 5 heteroatoms. The summed E-state index contributed by atoms with van der Waals surface area (Å²) in [6.07, 6.45) is -0.0531. The molecule has 0 aromatic rings. The fraction of sp³-hybridized carbons (Fsp3) is 0.700. The summed E-state index contributed by atoms with van der Waals surface area (Å²) in [5.41, 5.74) is 0. The van der Waals surface area contributed by atoms with Gasteiger partial charge in [-0.2, -0.15) is 0 Å². The Morgan fingerprint density at radius 1 is 1.20 bits per heavy atom. The number of ketones is 1. The minimum absolute atomic E-state index is 0.223. The molecule has 86 valence electrons. The molecule has 0 N–H and O–H groups in total. The van der Waals surface area contributed by atoms with Crippen molar-refractivity contribution in [3.8, 4) is 0 Å². The zero-order valence-electron chi connectivity index (χ0n) is 9.24. The number of ether oxygens (including phenoxy) is 2. The van der Waals surface area contributed by atoms with Crippen molar-refractivity contribution in [1.29, 1.82) is 0 Å². The molecule has 0 saturated carbocycles. The standard InChI is InChI=1S/C10H16O5/c1-4-7(10(13)15-5-2)8(11)6-9(12)14-3/h7H,4-6H2,1-3H3. The zero-order chi connectivity index (χ0) is 11.8. The molecule has 0 rings (SSSR count). The van der Waals surface area contributed by atoms with Crippen molar-refractivity contribution in [2.24, 2.45) is 5.92 Å². The van der Waals surface area contributed by atoms with Gasteiger partial charge in [0.2, 0.25) is 0 Å². The average Bonchev–Trinajstić information content (AvgIpc) is 2.19. The predicted octanol–water partition coefficient (Wildman–Crippen LogP) is 0.708. The van der Waals surface area contributed by atoms with Crippen LogP contribution in [0.4, 0.5) is 0 Å². The van der Waals surface area contributed by atoms with Gasteiger partial charge >= 0.3 is 11.9 Å². The third-order valence-electron chi connectivity index (χ3n) is 1.91. The maximum absolute atomic E-state index is 11.5. The number of Topliss-reactive ketones (excluding diaryl/α,β-unsaturated/α-hetero) is 1. The van der Waals surface area contributed by atoms with Gasteiger partial charge in [0, 0.05) is 0 Å². The summed E-state index contributed by atoms with van der Waals surface area (Å²) in [7, 11) is 1.20. The summed E-state index contributed by atoms with van der Waals surface area (Å²) in [4.78, 5) is 33.6. The normalized spacial score (nSPS) is 11.7. The zero-order valence-corrected chi connectivity index (χ0v) is 9.24. The largest absolute Gasteiger partial charge is 0.469 e. The Kier molecular flexibility index (Phi) is 6.33. The minimum atomic E-state index is -0.857. The van der Waals surface area contributed by atoms with Gasteiger partial charge in [0.15, 0.2) is 5.78 Å². The molecule has 0 aliphatic rings. The third-order valence-corrected chi connectivity index (χ3v) is 1.91. The van der Waals surface area contributed by atoms with E-state index >= 15 is 0 Å². The number of hydrogen-bond acceptors (Lipinski definition) is 5. The fourth-order valence-corrected chi connectivity index (χ4v) is 1.11. The van der Waals surface area contributed by atoms with E-state index in [0.717, 1.165) is 0 Å². The maximum Gasteiger partial charge on any atom is 0.316 e. The van der Waals surface area contributed by atoms with Crippen LogP contribution in [0.25, 0.3) is 0 Å². The van der Waals surface area contributed by atoms with Crippen LogP contribution in [0.1, 0.15) is 26.7 Å². The predicted molar refractivity (Wildman–Crippen MR) is 52.1 cm³/mol. The van der Waals surface area contributed by atoms with E-state index in [1.165, 1.54) is 7.11 Å². The molecule has 0 amide bonds. The number of hydrogen-bond donors (Lipinski definition) is 0. The topological polar surface area (TPSA) is 69.7 Å². The van der Waals surface area contributed by atoms with E-state index in [0.29, 0.717) is 6.42 Å². The number of methoxy groups -OCH3 is 1. The first kappa shape index (κ1) is 13.6. The van der Waals surface area contributed by atoms with Crippen LogP contribution in [0.15, 0.2) is 0 Å². The maximum atomic E-state index is 11.5. The summed E-state index contributed by atoms with van der Waals surface area (Å²) in [6, 6.07) is 0. The number of carbonyl (C=O) groups is 3. The van der Waals surface area contributed by atoms with Crippen molar-refractivity contribution < 1.29 is 23.9 Å². The van der Waals surface area contributed by atoms with Gasteiger partial charge in [-0.05, 0) is 13.3 Å². The summed E-state index contributed by atoms with van der Waals surface area (Å²) in [5.74, 6) is -2.52. The highest BCUT2D eigenvalue weighted by atomic mass is 16.5. The molecule has 0 spiro atoms. The number of esters is 2. The molecule has 0 bridgehead atoms. The van der Waals surface area contributed by atoms with Gasteiger partial charge in [-0.3, -0.25) is 14.4 Å². The molecule has 0 fully saturated rings. The Morgan fingerprint density at radius 2 is 1.80 bits per heavy atom. The van der Waals surface area contributed by atoms with Gasteiger partial charge in [-0.25, -0.2) is 0 Å². The number of rotatable bonds is 6. The summed E-state index contributed by atoms with van der Waals surface area (Å²) in [6.45, 7) is 3.58. The molecule has 1 unspecified atom stereocenters. The lowest BCUT2D eigenvalue weighted by molar-refractivity contribution is -0.153. The molecule has 0 saturated heterocycles. The molecule has 0 aromatic carbocycles. The Bertz CT molecular complexity index is 246. The first-order chi connectivity index (χ1) is 7.06. The molecular formula is C10H16O5. The van der Waals surface area contributed by atoms with Crippen LogP contribution in [0.5, 0.6) is 0 Å². The van der Waals surface area contributed by atoms with Crippen LogP contribution in [-0.2, 0) is 23.9 Å². The van der Waals surface area contributed by atoms with E-state index < -0.39 is 23.6 Å². The van der Waals surface area contributed by atoms with Gasteiger partial charge in [0.25, 0.3) is 0 Å². The molecule has 5 nitrogen and oxygen atoms in total. The summed E-state index contributed by atoms with van der Waals surface area (Å²) in [5, 5.41) is 0. The Morgan fingerprint density at radius 3 is 2.20 bits per heavy atom. The van der Waals surface area contributed by atoms with Gasteiger partial charge in [0.05, 0.1) is 13.7 Å². The second kappa shape index (κ2) is 6.98. The SMILES string of the molecule is CCOC(=O)C(CC)C(=O)CC(=O)OC. The molecule has 0 aromatic heterocycles. The van der Waals surface area contributed by atoms with Crippen LogP contribution in [0.3, 0.4) is 0 Å². The van der Waals surface area contributed by atoms with E-state index in [-0.39, 0.29) is 13.0 Å². The molecule has 0 radical (unpaired) electrons. The Labute approximate surface area is 88.7 Å². The monoisotopic (exact) mass is 216 g/mol. The average molecular weight is 216 g/mol. The lowest BCUT2D eigenvalue weighted by Crippen LogP contribution is -2.27. The van der Waals surface area contributed by atoms with Crippen molar-refractivity contribution in [1.82, 2.24) is 0 Å². The molecule has 0 aliphatic heterocycles. The third kappa shape index (κ3) is 4.58. The van der Waals surface area contributed by atoms with E-state index in [9.17, 15) is 14.4 Å². The fourth-order valence-electron chi connectivity index (χ4n) is 1.11. The van der Waals surface area contributed by atoms with Gasteiger partial charge in [-0.15, -0.1) is 0 Å². The van der Waals surface area contributed by atoms with Crippen molar-refractivity contribution in [2.75, 3.05) is 13.7 Å². The second-order valence-electron chi connectivity index (χ2n) is 2.93. The van der Waals surface area contributed by atoms with E-state index in [1.807, 2.05) is 0 Å². The molecule has 15 heavy (non-hydrogen) atoms. The van der Waals surface area contributed by atoms with Gasteiger partial charge < -0.3 is 9.47 Å². The molecule has 1 atom stereocenters. The van der Waals surface area contributed by atoms with Crippen molar-refractivity contribution in [3.63, 3.8) is 0 Å². The summed E-state index contributed by atoms with van der Waals surface area (Å²) < 4.78 is 9.06. The van der Waals surface area contributed by atoms with Crippen LogP contribution in [0, 0.1) is 5.92 Å². The molecular weight excluding hydrogens is 200 g/mol.